The molecule has 0 unspecified atom stereocenters. The minimum Gasteiger partial charge on any atom is -0.483 e. The van der Waals surface area contributed by atoms with Gasteiger partial charge >= 0.3 is 0 Å². The predicted molar refractivity (Wildman–Crippen MR) is 233 cm³/mol. The van der Waals surface area contributed by atoms with Gasteiger partial charge in [-0.05, 0) is 61.3 Å². The minimum absolute atomic E-state index is 0.496. The molecule has 0 amide bonds. The van der Waals surface area contributed by atoms with Gasteiger partial charge in [-0.2, -0.15) is 0 Å². The number of benzene rings is 7. The maximum atomic E-state index is 7.11. The second-order valence-electron chi connectivity index (χ2n) is 17.9. The summed E-state index contributed by atoms with van der Waals surface area (Å²) >= 11 is 0. The van der Waals surface area contributed by atoms with E-state index >= 15 is 0 Å². The third-order valence-electron chi connectivity index (χ3n) is 10.3. The molecule has 7 rings (SSSR count). The molecule has 0 aromatic heterocycles. The topological polar surface area (TPSA) is 27.7 Å². The van der Waals surface area contributed by atoms with Gasteiger partial charge in [0, 0.05) is 22.3 Å². The Morgan fingerprint density at radius 1 is 0.345 bits per heavy atom. The van der Waals surface area contributed by atoms with Gasteiger partial charge in [0.1, 0.15) is 39.5 Å². The number of hydrogen-bond acceptors (Lipinski definition) is 3. The van der Waals surface area contributed by atoms with Crippen LogP contribution in [0.15, 0.2) is 115 Å². The molecule has 0 bridgehead atoms. The molecule has 6 nitrogen and oxygen atoms in total. The zero-order chi connectivity index (χ0) is 39.0. The molecule has 0 saturated heterocycles. The highest BCUT2D eigenvalue weighted by Gasteiger charge is 2.29. The molecule has 55 heavy (non-hydrogen) atoms. The standard InChI is InChI=1S/C49H58N3O3/c1-50(2,3)26-29-53-47-43(45-39-22-14-10-18-35(39)32-36-19-11-15-23-40(36)45)34-44(46-41-24-16-12-20-37(41)33-38-21-13-17-25-42(38)46)48(54-30-27-51(4,5)6)49(47)55-31-28-52(7,8)9/h10-25,32-34H,26-31H2,1-9H3/q+3. The number of hydrogen-bond donors (Lipinski definition) is 0. The van der Waals surface area contributed by atoms with E-state index in [1.165, 1.54) is 43.1 Å². The van der Waals surface area contributed by atoms with Crippen LogP contribution in [0.25, 0.3) is 65.3 Å². The fourth-order valence-electron chi connectivity index (χ4n) is 7.28. The van der Waals surface area contributed by atoms with Crippen LogP contribution in [0.5, 0.6) is 17.2 Å². The number of fused-ring (bicyclic) bond motifs is 4. The second-order valence-corrected chi connectivity index (χ2v) is 17.9. The molecule has 0 aliphatic carbocycles. The van der Waals surface area contributed by atoms with Gasteiger partial charge in [0.15, 0.2) is 11.5 Å². The zero-order valence-electron chi connectivity index (χ0n) is 34.3. The van der Waals surface area contributed by atoms with Gasteiger partial charge < -0.3 is 27.7 Å². The van der Waals surface area contributed by atoms with Crippen molar-refractivity contribution in [3.63, 3.8) is 0 Å². The Labute approximate surface area is 327 Å². The van der Waals surface area contributed by atoms with Crippen LogP contribution in [-0.4, -0.2) is 116 Å². The normalized spacial score (nSPS) is 12.5. The third kappa shape index (κ3) is 8.57. The number of likely N-dealkylation sites (N-methyl/N-ethyl adjacent to an activating group) is 3. The van der Waals surface area contributed by atoms with Crippen LogP contribution >= 0.6 is 0 Å². The van der Waals surface area contributed by atoms with Gasteiger partial charge in [0.25, 0.3) is 0 Å². The predicted octanol–water partition coefficient (Wildman–Crippen LogP) is 9.89. The molecule has 0 fully saturated rings. The van der Waals surface area contributed by atoms with Crippen LogP contribution in [-0.2, 0) is 0 Å². The average molecular weight is 737 g/mol. The van der Waals surface area contributed by atoms with E-state index in [4.69, 9.17) is 14.2 Å². The molecule has 7 aromatic rings. The molecule has 0 spiro atoms. The van der Waals surface area contributed by atoms with Crippen molar-refractivity contribution in [3.8, 4) is 39.5 Å². The van der Waals surface area contributed by atoms with Crippen molar-refractivity contribution < 1.29 is 27.7 Å². The van der Waals surface area contributed by atoms with E-state index in [0.717, 1.165) is 66.8 Å². The molecule has 7 aromatic carbocycles. The Kier molecular flexibility index (Phi) is 10.5. The first-order valence-corrected chi connectivity index (χ1v) is 19.5. The molecule has 0 atom stereocenters. The van der Waals surface area contributed by atoms with Crippen LogP contribution in [0.1, 0.15) is 0 Å². The van der Waals surface area contributed by atoms with Crippen molar-refractivity contribution in [3.05, 3.63) is 115 Å². The first-order valence-electron chi connectivity index (χ1n) is 19.5. The van der Waals surface area contributed by atoms with Gasteiger partial charge in [-0.25, -0.2) is 0 Å². The lowest BCUT2D eigenvalue weighted by atomic mass is 9.86. The van der Waals surface area contributed by atoms with Crippen LogP contribution < -0.4 is 14.2 Å². The summed E-state index contributed by atoms with van der Waals surface area (Å²) < 4.78 is 23.6. The molecule has 0 aliphatic heterocycles. The molecular formula is C49H58N3O3+3. The van der Waals surface area contributed by atoms with E-state index in [0.29, 0.717) is 25.6 Å². The van der Waals surface area contributed by atoms with Crippen LogP contribution in [0.2, 0.25) is 0 Å². The Morgan fingerprint density at radius 3 is 0.909 bits per heavy atom. The number of quaternary nitrogens is 3. The summed E-state index contributed by atoms with van der Waals surface area (Å²) in [5, 5.41) is 9.40. The van der Waals surface area contributed by atoms with E-state index in [1.54, 1.807) is 0 Å². The lowest BCUT2D eigenvalue weighted by molar-refractivity contribution is -0.870. The Morgan fingerprint density at radius 2 is 0.618 bits per heavy atom. The van der Waals surface area contributed by atoms with Gasteiger partial charge in [-0.1, -0.05) is 97.1 Å². The summed E-state index contributed by atoms with van der Waals surface area (Å²) in [6.07, 6.45) is 0. The SMILES string of the molecule is C[N+](C)(C)CCOc1c(-c2c3ccccc3cc3ccccc23)cc(-c2c3ccccc3cc3ccccc23)c(OCC[N+](C)(C)C)c1OCC[N+](C)(C)C. The van der Waals surface area contributed by atoms with Crippen molar-refractivity contribution >= 4 is 43.1 Å². The first-order chi connectivity index (χ1) is 26.2. The highest BCUT2D eigenvalue weighted by atomic mass is 16.5. The molecule has 6 heteroatoms. The van der Waals surface area contributed by atoms with Crippen LogP contribution in [0.4, 0.5) is 0 Å². The molecule has 284 valence electrons. The maximum absolute atomic E-state index is 7.11. The zero-order valence-corrected chi connectivity index (χ0v) is 34.3. The fraction of sp³-hybridized carbons (Fsp3) is 0.306. The molecule has 0 N–H and O–H groups in total. The van der Waals surface area contributed by atoms with Gasteiger partial charge in [-0.15, -0.1) is 0 Å². The average Bonchev–Trinajstić information content (AvgIpc) is 3.12. The quantitative estimate of drug-likeness (QED) is 0.0822. The summed E-state index contributed by atoms with van der Waals surface area (Å²) in [6.45, 7) is 3.98. The van der Waals surface area contributed by atoms with Gasteiger partial charge in [0.05, 0.1) is 63.4 Å². The molecular weight excluding hydrogens is 679 g/mol. The summed E-state index contributed by atoms with van der Waals surface area (Å²) in [6, 6.07) is 41.8. The molecule has 0 saturated carbocycles. The van der Waals surface area contributed by atoms with E-state index in [9.17, 15) is 0 Å². The highest BCUT2D eigenvalue weighted by Crippen LogP contribution is 2.54. The smallest absolute Gasteiger partial charge is 0.205 e. The van der Waals surface area contributed by atoms with Gasteiger partial charge in [-0.3, -0.25) is 0 Å². The summed E-state index contributed by atoms with van der Waals surface area (Å²) in [5.41, 5.74) is 4.27. The molecule has 0 aliphatic rings. The molecule has 0 heterocycles. The number of ether oxygens (including phenoxy) is 3. The minimum atomic E-state index is 0.496. The summed E-state index contributed by atoms with van der Waals surface area (Å²) in [4.78, 5) is 0. The summed E-state index contributed by atoms with van der Waals surface area (Å²) in [5.74, 6) is 2.12. The second kappa shape index (κ2) is 15.2. The van der Waals surface area contributed by atoms with E-state index in [2.05, 4.69) is 179 Å². The van der Waals surface area contributed by atoms with Crippen LogP contribution in [0, 0.1) is 0 Å². The first kappa shape index (κ1) is 38.1. The Hall–Kier alpha value is -5.14. The van der Waals surface area contributed by atoms with E-state index < -0.39 is 0 Å². The van der Waals surface area contributed by atoms with Crippen molar-refractivity contribution in [2.75, 3.05) is 103 Å². The number of nitrogens with zero attached hydrogens (tertiary/aromatic N) is 3. The highest BCUT2D eigenvalue weighted by molar-refractivity contribution is 6.17. The van der Waals surface area contributed by atoms with E-state index in [-0.39, 0.29) is 0 Å². The Bertz CT molecular complexity index is 2220. The fourth-order valence-corrected chi connectivity index (χ4v) is 7.28. The Balaban J connectivity index is 1.64. The monoisotopic (exact) mass is 736 g/mol. The van der Waals surface area contributed by atoms with E-state index in [1.807, 2.05) is 0 Å². The lowest BCUT2D eigenvalue weighted by Gasteiger charge is -2.29. The maximum Gasteiger partial charge on any atom is 0.205 e. The van der Waals surface area contributed by atoms with Crippen molar-refractivity contribution in [1.29, 1.82) is 0 Å². The van der Waals surface area contributed by atoms with Gasteiger partial charge in [0.2, 0.25) is 5.75 Å². The van der Waals surface area contributed by atoms with Crippen molar-refractivity contribution in [2.45, 2.75) is 0 Å². The lowest BCUT2D eigenvalue weighted by Crippen LogP contribution is -2.39. The number of rotatable bonds is 14. The van der Waals surface area contributed by atoms with Crippen LogP contribution in [0.3, 0.4) is 0 Å². The largest absolute Gasteiger partial charge is 0.483 e. The summed E-state index contributed by atoms with van der Waals surface area (Å²) in [7, 11) is 19.8. The van der Waals surface area contributed by atoms with Crippen molar-refractivity contribution in [1.82, 2.24) is 0 Å². The molecule has 0 radical (unpaired) electrons. The van der Waals surface area contributed by atoms with Crippen molar-refractivity contribution in [2.24, 2.45) is 0 Å². The third-order valence-corrected chi connectivity index (χ3v) is 10.3.